The van der Waals surface area contributed by atoms with Gasteiger partial charge in [-0.25, -0.2) is 14.7 Å². The van der Waals surface area contributed by atoms with Gasteiger partial charge in [-0.1, -0.05) is 0 Å². The summed E-state index contributed by atoms with van der Waals surface area (Å²) in [6, 6.07) is 8.99. The molecule has 1 unspecified atom stereocenters. The number of nitrogens with zero attached hydrogens (tertiary/aromatic N) is 8. The molecule has 230 valence electrons. The van der Waals surface area contributed by atoms with Gasteiger partial charge in [0.15, 0.2) is 0 Å². The number of piperidine rings is 1. The predicted octanol–water partition coefficient (Wildman–Crippen LogP) is 6.20. The van der Waals surface area contributed by atoms with Crippen molar-refractivity contribution in [1.29, 1.82) is 0 Å². The molecule has 0 aliphatic carbocycles. The van der Waals surface area contributed by atoms with Gasteiger partial charge in [-0.2, -0.15) is 26.3 Å². The summed E-state index contributed by atoms with van der Waals surface area (Å²) in [4.78, 5) is 14.6. The molecule has 44 heavy (non-hydrogen) atoms. The number of rotatable bonds is 7. The molecule has 1 atom stereocenters. The van der Waals surface area contributed by atoms with Crippen molar-refractivity contribution in [2.75, 3.05) is 13.1 Å². The fourth-order valence-corrected chi connectivity index (χ4v) is 6.06. The van der Waals surface area contributed by atoms with E-state index in [1.54, 1.807) is 11.3 Å². The van der Waals surface area contributed by atoms with E-state index in [0.29, 0.717) is 37.5 Å². The van der Waals surface area contributed by atoms with Gasteiger partial charge in [0.05, 0.1) is 33.4 Å². The molecule has 0 saturated carbocycles. The zero-order valence-corrected chi connectivity index (χ0v) is 23.6. The van der Waals surface area contributed by atoms with Gasteiger partial charge in [0.2, 0.25) is 0 Å². The van der Waals surface area contributed by atoms with E-state index in [-0.39, 0.29) is 23.7 Å². The number of pyridine rings is 1. The number of thiazole rings is 1. The zero-order valence-electron chi connectivity index (χ0n) is 22.8. The van der Waals surface area contributed by atoms with E-state index in [2.05, 4.69) is 25.5 Å². The number of benzene rings is 1. The topological polar surface area (TPSA) is 94.2 Å². The van der Waals surface area contributed by atoms with Crippen LogP contribution in [0.4, 0.5) is 26.3 Å². The van der Waals surface area contributed by atoms with E-state index in [4.69, 9.17) is 9.72 Å². The molecule has 1 saturated heterocycles. The molecule has 0 spiro atoms. The Balaban J connectivity index is 1.07. The minimum Gasteiger partial charge on any atom is -0.487 e. The first-order chi connectivity index (χ1) is 21.0. The maximum absolute atomic E-state index is 13.8. The second-order valence-electron chi connectivity index (χ2n) is 10.3. The van der Waals surface area contributed by atoms with Gasteiger partial charge in [-0.3, -0.25) is 4.98 Å². The summed E-state index contributed by atoms with van der Waals surface area (Å²) in [7, 11) is 0. The molecule has 2 aliphatic rings. The molecule has 0 bridgehead atoms. The lowest BCUT2D eigenvalue weighted by atomic mass is 9.92. The van der Waals surface area contributed by atoms with Crippen LogP contribution in [0, 0.1) is 5.92 Å². The molecule has 3 aromatic heterocycles. The van der Waals surface area contributed by atoms with Crippen LogP contribution in [-0.4, -0.2) is 60.1 Å². The Labute approximate surface area is 250 Å². The summed E-state index contributed by atoms with van der Waals surface area (Å²) in [5.74, 6) is -0.731. The van der Waals surface area contributed by atoms with Gasteiger partial charge in [-0.15, -0.1) is 16.4 Å². The zero-order chi connectivity index (χ0) is 30.9. The van der Waals surface area contributed by atoms with Crippen molar-refractivity contribution in [3.63, 3.8) is 0 Å². The van der Waals surface area contributed by atoms with E-state index >= 15 is 0 Å². The number of aromatic nitrogens is 6. The van der Waals surface area contributed by atoms with Gasteiger partial charge >= 0.3 is 12.4 Å². The largest absolute Gasteiger partial charge is 0.487 e. The van der Waals surface area contributed by atoms with Gasteiger partial charge in [-0.05, 0) is 72.2 Å². The van der Waals surface area contributed by atoms with Gasteiger partial charge in [0.25, 0.3) is 0 Å². The Morgan fingerprint density at radius 2 is 1.75 bits per heavy atom. The smallest absolute Gasteiger partial charge is 0.417 e. The van der Waals surface area contributed by atoms with Crippen LogP contribution in [0.3, 0.4) is 0 Å². The van der Waals surface area contributed by atoms with E-state index in [1.807, 2.05) is 34.5 Å². The lowest BCUT2D eigenvalue weighted by molar-refractivity contribution is -0.154. The van der Waals surface area contributed by atoms with Crippen molar-refractivity contribution < 1.29 is 31.1 Å². The maximum atomic E-state index is 13.8. The fourth-order valence-electron chi connectivity index (χ4n) is 5.08. The van der Waals surface area contributed by atoms with Gasteiger partial charge in [0, 0.05) is 30.6 Å². The Morgan fingerprint density at radius 3 is 2.39 bits per heavy atom. The average Bonchev–Trinajstić information content (AvgIpc) is 3.73. The number of likely N-dealkylation sites (tertiary alicyclic amines) is 1. The lowest BCUT2D eigenvalue weighted by Gasteiger charge is -2.35. The number of halogens is 6. The molecule has 16 heteroatoms. The first-order valence-corrected chi connectivity index (χ1v) is 14.5. The van der Waals surface area contributed by atoms with Gasteiger partial charge < -0.3 is 9.64 Å². The monoisotopic (exact) mass is 634 g/mol. The summed E-state index contributed by atoms with van der Waals surface area (Å²) >= 11 is 1.54. The van der Waals surface area contributed by atoms with Crippen LogP contribution in [0.1, 0.15) is 47.1 Å². The standard InChI is InChI=1S/C28H24F6N8OS/c29-27(30,31)18-1-7-23(35-13-18)25-22(28(32,33)34)6-8-24(38-25)41-11-9-17(10-12-41)26-37-19(15-44-26)14-43-21-4-2-20(3-5-21)42-16-36-39-40-42/h1-5,7-8,13,15-17,22H,6,9-12,14H2. The highest BCUT2D eigenvalue weighted by Crippen LogP contribution is 2.38. The molecule has 0 N–H and O–H groups in total. The molecule has 0 amide bonds. The fraction of sp³-hybridized carbons (Fsp3) is 0.357. The molecular formula is C28H24F6N8OS. The average molecular weight is 635 g/mol. The number of alkyl halides is 6. The molecule has 5 heterocycles. The molecule has 2 aliphatic heterocycles. The SMILES string of the molecule is FC(F)(F)c1ccc(C2=NC(N3CCC(c4nc(COc5ccc(-n6cnnn6)cc5)cs4)CC3)=CCC2C(F)(F)F)nc1. The van der Waals surface area contributed by atoms with Crippen LogP contribution in [0.15, 0.2) is 71.2 Å². The first-order valence-electron chi connectivity index (χ1n) is 13.6. The van der Waals surface area contributed by atoms with Crippen molar-refractivity contribution in [2.45, 2.75) is 44.1 Å². The third kappa shape index (κ3) is 6.59. The Hall–Kier alpha value is -4.34. The van der Waals surface area contributed by atoms with Crippen molar-refractivity contribution in [3.8, 4) is 11.4 Å². The summed E-state index contributed by atoms with van der Waals surface area (Å²) in [6.07, 6.45) is -4.71. The molecule has 4 aromatic rings. The molecule has 1 fully saturated rings. The summed E-state index contributed by atoms with van der Waals surface area (Å²) < 4.78 is 87.8. The van der Waals surface area contributed by atoms with Crippen LogP contribution in [0.2, 0.25) is 0 Å². The normalized spacial score (nSPS) is 18.2. The summed E-state index contributed by atoms with van der Waals surface area (Å²) in [5.41, 5.74) is -0.0374. The van der Waals surface area contributed by atoms with E-state index < -0.39 is 23.8 Å². The molecule has 0 radical (unpaired) electrons. The van der Waals surface area contributed by atoms with Crippen molar-refractivity contribution >= 4 is 17.0 Å². The van der Waals surface area contributed by atoms with Crippen LogP contribution in [-0.2, 0) is 12.8 Å². The molecular weight excluding hydrogens is 610 g/mol. The minimum absolute atomic E-state index is 0.174. The predicted molar refractivity (Wildman–Crippen MR) is 147 cm³/mol. The second-order valence-corrected chi connectivity index (χ2v) is 11.2. The molecule has 1 aromatic carbocycles. The van der Waals surface area contributed by atoms with Gasteiger partial charge in [0.1, 0.15) is 30.4 Å². The van der Waals surface area contributed by atoms with E-state index in [9.17, 15) is 26.3 Å². The van der Waals surface area contributed by atoms with Crippen molar-refractivity contribution in [1.82, 2.24) is 35.1 Å². The number of hydrogen-bond acceptors (Lipinski definition) is 9. The van der Waals surface area contributed by atoms with Crippen molar-refractivity contribution in [2.24, 2.45) is 10.9 Å². The quantitative estimate of drug-likeness (QED) is 0.224. The highest BCUT2D eigenvalue weighted by atomic mass is 32.1. The number of allylic oxidation sites excluding steroid dienone is 1. The van der Waals surface area contributed by atoms with E-state index in [0.717, 1.165) is 41.4 Å². The lowest BCUT2D eigenvalue weighted by Crippen LogP contribution is -2.37. The highest BCUT2D eigenvalue weighted by Gasteiger charge is 2.45. The van der Waals surface area contributed by atoms with Crippen molar-refractivity contribution in [3.05, 3.63) is 88.2 Å². The number of hydrogen-bond donors (Lipinski definition) is 0. The Bertz CT molecular complexity index is 1620. The van der Waals surface area contributed by atoms with Crippen LogP contribution in [0.5, 0.6) is 5.75 Å². The highest BCUT2D eigenvalue weighted by molar-refractivity contribution is 7.09. The maximum Gasteiger partial charge on any atom is 0.417 e. The minimum atomic E-state index is -4.64. The van der Waals surface area contributed by atoms with Crippen LogP contribution < -0.4 is 4.74 Å². The number of tetrazole rings is 1. The Kier molecular flexibility index (Phi) is 8.09. The van der Waals surface area contributed by atoms with Crippen LogP contribution in [0.25, 0.3) is 5.69 Å². The Morgan fingerprint density at radius 1 is 0.977 bits per heavy atom. The second kappa shape index (κ2) is 12.0. The summed E-state index contributed by atoms with van der Waals surface area (Å²) in [6.45, 7) is 1.38. The third-order valence-electron chi connectivity index (χ3n) is 7.42. The number of ether oxygens (including phenoxy) is 1. The molecule has 6 rings (SSSR count). The summed E-state index contributed by atoms with van der Waals surface area (Å²) in [5, 5.41) is 14.0. The van der Waals surface area contributed by atoms with E-state index in [1.165, 1.54) is 17.1 Å². The molecule has 9 nitrogen and oxygen atoms in total. The number of aliphatic imine (C=N–C) groups is 1. The van der Waals surface area contributed by atoms with Crippen LogP contribution >= 0.6 is 11.3 Å². The first kappa shape index (κ1) is 29.7. The third-order valence-corrected chi connectivity index (χ3v) is 8.48.